The maximum Gasteiger partial charge on any atom is 0.137 e. The monoisotopic (exact) mass is 269 g/mol. The third-order valence-corrected chi connectivity index (χ3v) is 3.71. The number of aryl methyl sites for hydroxylation is 3. The Kier molecular flexibility index (Phi) is 3.10. The van der Waals surface area contributed by atoms with E-state index in [2.05, 4.69) is 12.0 Å². The molecule has 0 saturated heterocycles. The number of aromatic nitrogens is 2. The zero-order chi connectivity index (χ0) is 14.3. The number of benzene rings is 1. The molecule has 4 nitrogen and oxygen atoms in total. The van der Waals surface area contributed by atoms with Crippen molar-refractivity contribution >= 4 is 11.0 Å². The van der Waals surface area contributed by atoms with Crippen molar-refractivity contribution in [2.45, 2.75) is 26.3 Å². The van der Waals surface area contributed by atoms with Crippen LogP contribution < -0.4 is 5.73 Å². The Morgan fingerprint density at radius 3 is 2.80 bits per heavy atom. The molecule has 0 fully saturated rings. The van der Waals surface area contributed by atoms with E-state index in [4.69, 9.17) is 10.2 Å². The van der Waals surface area contributed by atoms with Crippen LogP contribution in [0.15, 0.2) is 34.7 Å². The van der Waals surface area contributed by atoms with Gasteiger partial charge in [0.05, 0.1) is 11.4 Å². The summed E-state index contributed by atoms with van der Waals surface area (Å²) in [5.41, 5.74) is 10.4. The van der Waals surface area contributed by atoms with Crippen molar-refractivity contribution in [2.75, 3.05) is 0 Å². The highest BCUT2D eigenvalue weighted by molar-refractivity contribution is 5.81. The molecular formula is C16H19N3O. The zero-order valence-electron chi connectivity index (χ0n) is 12.1. The van der Waals surface area contributed by atoms with Gasteiger partial charge in [-0.3, -0.25) is 4.68 Å². The van der Waals surface area contributed by atoms with Crippen LogP contribution in [0.25, 0.3) is 11.0 Å². The Bertz CT molecular complexity index is 754. The van der Waals surface area contributed by atoms with Crippen LogP contribution in [-0.4, -0.2) is 9.78 Å². The van der Waals surface area contributed by atoms with Crippen LogP contribution in [0, 0.1) is 6.92 Å². The first-order chi connectivity index (χ1) is 9.60. The van der Waals surface area contributed by atoms with Crippen molar-refractivity contribution < 1.29 is 4.42 Å². The molecule has 2 heterocycles. The van der Waals surface area contributed by atoms with Crippen molar-refractivity contribution in [3.63, 3.8) is 0 Å². The molecule has 0 aliphatic rings. The summed E-state index contributed by atoms with van der Waals surface area (Å²) in [4.78, 5) is 0. The predicted octanol–water partition coefficient (Wildman–Crippen LogP) is 3.09. The molecule has 3 aromatic rings. The first-order valence-corrected chi connectivity index (χ1v) is 6.87. The van der Waals surface area contributed by atoms with E-state index >= 15 is 0 Å². The highest BCUT2D eigenvalue weighted by Crippen LogP contribution is 2.28. The third kappa shape index (κ3) is 2.02. The molecule has 2 aromatic heterocycles. The second-order valence-electron chi connectivity index (χ2n) is 5.16. The van der Waals surface area contributed by atoms with Crippen LogP contribution in [0.2, 0.25) is 0 Å². The number of nitrogens with two attached hydrogens (primary N) is 1. The Balaban J connectivity index is 2.05. The number of furan rings is 1. The molecule has 0 aliphatic heterocycles. The van der Waals surface area contributed by atoms with Crippen LogP contribution >= 0.6 is 0 Å². The van der Waals surface area contributed by atoms with Gasteiger partial charge in [0, 0.05) is 12.4 Å². The fraction of sp³-hybridized carbons (Fsp3) is 0.312. The predicted molar refractivity (Wildman–Crippen MR) is 79.6 cm³/mol. The topological polar surface area (TPSA) is 57.0 Å². The van der Waals surface area contributed by atoms with Crippen LogP contribution in [0.5, 0.6) is 0 Å². The Morgan fingerprint density at radius 2 is 2.15 bits per heavy atom. The number of hydrogen-bond acceptors (Lipinski definition) is 3. The van der Waals surface area contributed by atoms with E-state index in [9.17, 15) is 0 Å². The van der Waals surface area contributed by atoms with E-state index in [1.807, 2.05) is 49.0 Å². The molecule has 0 spiro atoms. The molecule has 0 radical (unpaired) electrons. The van der Waals surface area contributed by atoms with Crippen LogP contribution in [0.3, 0.4) is 0 Å². The fourth-order valence-electron chi connectivity index (χ4n) is 2.54. The molecule has 1 atom stereocenters. The summed E-state index contributed by atoms with van der Waals surface area (Å²) in [6.45, 7) is 4.13. The largest absolute Gasteiger partial charge is 0.459 e. The molecule has 4 heteroatoms. The number of hydrogen-bond donors (Lipinski definition) is 1. The Labute approximate surface area is 118 Å². The smallest absolute Gasteiger partial charge is 0.137 e. The van der Waals surface area contributed by atoms with E-state index in [0.717, 1.165) is 40.1 Å². The van der Waals surface area contributed by atoms with E-state index in [1.165, 1.54) is 0 Å². The van der Waals surface area contributed by atoms with Gasteiger partial charge >= 0.3 is 0 Å². The standard InChI is InChI=1S/C16H19N3O/c1-4-12-9-13(19(3)18-12)15(17)14-8-11-7-5-6-10(2)16(11)20-14/h5-9,15H,4,17H2,1-3H3. The van der Waals surface area contributed by atoms with Crippen molar-refractivity contribution in [1.29, 1.82) is 0 Å². The summed E-state index contributed by atoms with van der Waals surface area (Å²) in [7, 11) is 1.92. The molecular weight excluding hydrogens is 250 g/mol. The molecule has 0 aliphatic carbocycles. The highest BCUT2D eigenvalue weighted by atomic mass is 16.3. The van der Waals surface area contributed by atoms with E-state index in [1.54, 1.807) is 0 Å². The van der Waals surface area contributed by atoms with Crippen LogP contribution in [0.1, 0.15) is 35.7 Å². The summed E-state index contributed by atoms with van der Waals surface area (Å²) in [5.74, 6) is 0.778. The summed E-state index contributed by atoms with van der Waals surface area (Å²) in [6, 6.07) is 9.89. The molecule has 104 valence electrons. The maximum atomic E-state index is 6.34. The average molecular weight is 269 g/mol. The first-order valence-electron chi connectivity index (χ1n) is 6.87. The van der Waals surface area contributed by atoms with Gasteiger partial charge in [-0.2, -0.15) is 5.10 Å². The normalized spacial score (nSPS) is 13.0. The average Bonchev–Trinajstić information content (AvgIpc) is 3.02. The summed E-state index contributed by atoms with van der Waals surface area (Å²) >= 11 is 0. The van der Waals surface area contributed by atoms with Crippen molar-refractivity contribution in [3.8, 4) is 0 Å². The van der Waals surface area contributed by atoms with Gasteiger partial charge in [0.25, 0.3) is 0 Å². The molecule has 2 N–H and O–H groups in total. The Hall–Kier alpha value is -2.07. The van der Waals surface area contributed by atoms with Crippen molar-refractivity contribution in [1.82, 2.24) is 9.78 Å². The molecule has 1 aromatic carbocycles. The molecule has 20 heavy (non-hydrogen) atoms. The molecule has 0 saturated carbocycles. The number of rotatable bonds is 3. The lowest BCUT2D eigenvalue weighted by Gasteiger charge is -2.08. The Morgan fingerprint density at radius 1 is 1.35 bits per heavy atom. The van der Waals surface area contributed by atoms with E-state index in [-0.39, 0.29) is 6.04 Å². The van der Waals surface area contributed by atoms with Crippen LogP contribution in [-0.2, 0) is 13.5 Å². The van der Waals surface area contributed by atoms with Gasteiger partial charge in [0.1, 0.15) is 17.4 Å². The van der Waals surface area contributed by atoms with Gasteiger partial charge in [-0.15, -0.1) is 0 Å². The summed E-state index contributed by atoms with van der Waals surface area (Å²) in [6.07, 6.45) is 0.903. The van der Waals surface area contributed by atoms with Gasteiger partial charge < -0.3 is 10.2 Å². The minimum Gasteiger partial charge on any atom is -0.459 e. The zero-order valence-corrected chi connectivity index (χ0v) is 12.1. The lowest BCUT2D eigenvalue weighted by Crippen LogP contribution is -2.15. The van der Waals surface area contributed by atoms with Gasteiger partial charge in [-0.25, -0.2) is 0 Å². The van der Waals surface area contributed by atoms with Gasteiger partial charge in [-0.05, 0) is 31.0 Å². The second-order valence-corrected chi connectivity index (χ2v) is 5.16. The van der Waals surface area contributed by atoms with Gasteiger partial charge in [0.15, 0.2) is 0 Å². The molecule has 0 amide bonds. The second kappa shape index (κ2) is 4.80. The van der Waals surface area contributed by atoms with E-state index in [0.29, 0.717) is 0 Å². The number of fused-ring (bicyclic) bond motifs is 1. The van der Waals surface area contributed by atoms with Gasteiger partial charge in [0.2, 0.25) is 0 Å². The summed E-state index contributed by atoms with van der Waals surface area (Å²) in [5, 5.41) is 5.53. The van der Waals surface area contributed by atoms with Crippen molar-refractivity contribution in [2.24, 2.45) is 12.8 Å². The molecule has 3 rings (SSSR count). The van der Waals surface area contributed by atoms with E-state index < -0.39 is 0 Å². The third-order valence-electron chi connectivity index (χ3n) is 3.71. The highest BCUT2D eigenvalue weighted by Gasteiger charge is 2.19. The number of para-hydroxylation sites is 1. The number of nitrogens with zero attached hydrogens (tertiary/aromatic N) is 2. The van der Waals surface area contributed by atoms with Crippen LogP contribution in [0.4, 0.5) is 0 Å². The first kappa shape index (κ1) is 12.9. The minimum atomic E-state index is -0.292. The molecule has 1 unspecified atom stereocenters. The summed E-state index contributed by atoms with van der Waals surface area (Å²) < 4.78 is 7.78. The lowest BCUT2D eigenvalue weighted by molar-refractivity contribution is 0.508. The minimum absolute atomic E-state index is 0.292. The van der Waals surface area contributed by atoms with Crippen molar-refractivity contribution in [3.05, 3.63) is 53.0 Å². The SMILES string of the molecule is CCc1cc(C(N)c2cc3cccc(C)c3o2)n(C)n1. The quantitative estimate of drug-likeness (QED) is 0.795. The maximum absolute atomic E-state index is 6.34. The molecule has 0 bridgehead atoms. The lowest BCUT2D eigenvalue weighted by atomic mass is 10.1. The fourth-order valence-corrected chi connectivity index (χ4v) is 2.54. The van der Waals surface area contributed by atoms with Gasteiger partial charge in [-0.1, -0.05) is 25.1 Å².